The van der Waals surface area contributed by atoms with Crippen molar-refractivity contribution in [3.05, 3.63) is 101 Å². The van der Waals surface area contributed by atoms with Crippen molar-refractivity contribution in [2.45, 2.75) is 39.7 Å². The number of nitrogens with zero attached hydrogens (tertiary/aromatic N) is 6. The van der Waals surface area contributed by atoms with Crippen molar-refractivity contribution in [2.75, 3.05) is 34.9 Å². The molecule has 4 aromatic heterocycles. The third kappa shape index (κ3) is 7.33. The van der Waals surface area contributed by atoms with Crippen molar-refractivity contribution >= 4 is 57.1 Å². The van der Waals surface area contributed by atoms with Gasteiger partial charge in [-0.15, -0.1) is 11.3 Å². The number of hydrogen-bond acceptors (Lipinski definition) is 9. The fraction of sp³-hybridized carbons (Fsp3) is 0.229. The third-order valence-electron chi connectivity index (χ3n) is 7.34. The van der Waals surface area contributed by atoms with Gasteiger partial charge in [-0.2, -0.15) is 5.10 Å². The van der Waals surface area contributed by atoms with Crippen LogP contribution in [0, 0.1) is 6.92 Å². The lowest BCUT2D eigenvalue weighted by Crippen LogP contribution is -2.21. The minimum atomic E-state index is -0.365. The van der Waals surface area contributed by atoms with Gasteiger partial charge < -0.3 is 20.3 Å². The number of carbonyl (C=O) groups is 1. The van der Waals surface area contributed by atoms with E-state index in [1.54, 1.807) is 34.6 Å². The molecule has 240 valence electrons. The van der Waals surface area contributed by atoms with Gasteiger partial charge in [0.15, 0.2) is 5.82 Å². The van der Waals surface area contributed by atoms with E-state index < -0.39 is 0 Å². The Balaban J connectivity index is 1.17. The average Bonchev–Trinajstić information content (AvgIpc) is 3.67. The molecular formula is C35H37N9O2S. The zero-order valence-corrected chi connectivity index (χ0v) is 28.0. The number of ether oxygens (including phenoxy) is 1. The summed E-state index contributed by atoms with van der Waals surface area (Å²) >= 11 is 1.62. The molecule has 0 unspecified atom stereocenters. The summed E-state index contributed by atoms with van der Waals surface area (Å²) in [6.45, 7) is 8.67. The lowest BCUT2D eigenvalue weighted by molar-refractivity contribution is 0.262. The van der Waals surface area contributed by atoms with E-state index in [2.05, 4.69) is 58.6 Å². The number of aromatic nitrogens is 5. The maximum atomic E-state index is 13.4. The zero-order valence-electron chi connectivity index (χ0n) is 27.2. The largest absolute Gasteiger partial charge is 0.488 e. The number of pyridine rings is 1. The molecule has 0 aliphatic carbocycles. The number of aryl methyl sites for hydroxylation is 1. The lowest BCUT2D eigenvalue weighted by Gasteiger charge is -2.15. The first-order valence-corrected chi connectivity index (χ1v) is 16.0. The maximum absolute atomic E-state index is 13.4. The molecule has 3 N–H and O–H groups in total. The van der Waals surface area contributed by atoms with Gasteiger partial charge in [-0.25, -0.2) is 19.4 Å². The SMILES string of the molecule is Cc1ccc(-n2nc(C(C)(C)C)cc2NC(=O)Nc2ccc(OCc3ccnc(Nc4cncc(N(C)C)n4)c3)c3ccccc23)s1. The van der Waals surface area contributed by atoms with Gasteiger partial charge in [-0.3, -0.25) is 10.3 Å². The van der Waals surface area contributed by atoms with Gasteiger partial charge in [-0.1, -0.05) is 45.0 Å². The zero-order chi connectivity index (χ0) is 33.1. The summed E-state index contributed by atoms with van der Waals surface area (Å²) in [5.41, 5.74) is 2.29. The van der Waals surface area contributed by atoms with Crippen molar-refractivity contribution in [3.8, 4) is 10.8 Å². The number of hydrogen-bond donors (Lipinski definition) is 3. The van der Waals surface area contributed by atoms with Crippen LogP contribution in [0.1, 0.15) is 36.9 Å². The van der Waals surface area contributed by atoms with E-state index in [1.165, 1.54) is 4.88 Å². The number of urea groups is 1. The van der Waals surface area contributed by atoms with Gasteiger partial charge in [0.2, 0.25) is 0 Å². The second-order valence-electron chi connectivity index (χ2n) is 12.3. The number of benzene rings is 2. The molecule has 0 aliphatic heterocycles. The van der Waals surface area contributed by atoms with Crippen molar-refractivity contribution < 1.29 is 9.53 Å². The number of rotatable bonds is 9. The predicted octanol–water partition coefficient (Wildman–Crippen LogP) is 7.91. The van der Waals surface area contributed by atoms with E-state index in [4.69, 9.17) is 9.84 Å². The molecular weight excluding hydrogens is 611 g/mol. The van der Waals surface area contributed by atoms with Crippen LogP contribution in [0.15, 0.2) is 85.3 Å². The Kier molecular flexibility index (Phi) is 8.77. The van der Waals surface area contributed by atoms with E-state index in [9.17, 15) is 4.79 Å². The molecule has 2 aromatic carbocycles. The van der Waals surface area contributed by atoms with Crippen molar-refractivity contribution in [3.63, 3.8) is 0 Å². The highest BCUT2D eigenvalue weighted by Gasteiger charge is 2.22. The summed E-state index contributed by atoms with van der Waals surface area (Å²) in [5.74, 6) is 3.27. The Morgan fingerprint density at radius 2 is 1.77 bits per heavy atom. The minimum absolute atomic E-state index is 0.183. The standard InChI is InChI=1S/C35H37N9O2S/c1-22-11-14-33(47-22)44-31(18-28(42-44)35(2,3)4)41-34(45)38-26-12-13-27(25-10-8-7-9-24(25)26)46-21-23-15-16-37-29(17-23)39-30-19-36-20-32(40-30)43(5)6/h7-20H,21H2,1-6H3,(H,37,39,40)(H2,38,41,45). The van der Waals surface area contributed by atoms with Crippen LogP contribution >= 0.6 is 11.3 Å². The molecule has 0 saturated carbocycles. The average molecular weight is 648 g/mol. The quantitative estimate of drug-likeness (QED) is 0.145. The number of anilines is 5. The lowest BCUT2D eigenvalue weighted by atomic mass is 9.92. The number of carbonyl (C=O) groups excluding carboxylic acids is 1. The summed E-state index contributed by atoms with van der Waals surface area (Å²) in [5, 5.41) is 16.8. The molecule has 0 aliphatic rings. The Bertz CT molecular complexity index is 2040. The van der Waals surface area contributed by atoms with E-state index in [-0.39, 0.29) is 11.4 Å². The molecule has 0 bridgehead atoms. The summed E-state index contributed by atoms with van der Waals surface area (Å²) in [7, 11) is 3.83. The highest BCUT2D eigenvalue weighted by Crippen LogP contribution is 2.33. The van der Waals surface area contributed by atoms with Crippen LogP contribution in [-0.2, 0) is 12.0 Å². The van der Waals surface area contributed by atoms with Gasteiger partial charge in [-0.05, 0) is 48.9 Å². The van der Waals surface area contributed by atoms with Gasteiger partial charge in [0.1, 0.15) is 34.8 Å². The monoisotopic (exact) mass is 647 g/mol. The van der Waals surface area contributed by atoms with Crippen LogP contribution in [0.25, 0.3) is 15.8 Å². The second-order valence-corrected chi connectivity index (χ2v) is 13.6. The fourth-order valence-corrected chi connectivity index (χ4v) is 5.70. The number of nitrogens with one attached hydrogen (secondary N) is 3. The smallest absolute Gasteiger partial charge is 0.324 e. The normalized spacial score (nSPS) is 11.4. The molecule has 0 saturated heterocycles. The third-order valence-corrected chi connectivity index (χ3v) is 8.32. The first kappa shape index (κ1) is 31.5. The van der Waals surface area contributed by atoms with Crippen molar-refractivity contribution in [1.82, 2.24) is 24.7 Å². The van der Waals surface area contributed by atoms with Crippen molar-refractivity contribution in [1.29, 1.82) is 0 Å². The van der Waals surface area contributed by atoms with Crippen LogP contribution < -0.4 is 25.6 Å². The molecule has 47 heavy (non-hydrogen) atoms. The molecule has 0 atom stereocenters. The molecule has 4 heterocycles. The first-order valence-electron chi connectivity index (χ1n) is 15.1. The summed E-state index contributed by atoms with van der Waals surface area (Å²) in [6.07, 6.45) is 5.08. The van der Waals surface area contributed by atoms with Gasteiger partial charge in [0.25, 0.3) is 0 Å². The van der Waals surface area contributed by atoms with E-state index in [0.717, 1.165) is 32.8 Å². The highest BCUT2D eigenvalue weighted by molar-refractivity contribution is 7.14. The van der Waals surface area contributed by atoms with Crippen LogP contribution in [-0.4, -0.2) is 44.9 Å². The molecule has 11 nitrogen and oxygen atoms in total. The maximum Gasteiger partial charge on any atom is 0.324 e. The van der Waals surface area contributed by atoms with Gasteiger partial charge in [0.05, 0.1) is 23.8 Å². The van der Waals surface area contributed by atoms with Crippen LogP contribution in [0.3, 0.4) is 0 Å². The Labute approximate surface area is 277 Å². The second kappa shape index (κ2) is 13.1. The number of amides is 2. The number of thiophene rings is 1. The molecule has 0 fully saturated rings. The molecule has 0 spiro atoms. The van der Waals surface area contributed by atoms with Crippen LogP contribution in [0.2, 0.25) is 0 Å². The summed E-state index contributed by atoms with van der Waals surface area (Å²) in [6, 6.07) is 21.0. The minimum Gasteiger partial charge on any atom is -0.488 e. The molecule has 0 radical (unpaired) electrons. The molecule has 2 amide bonds. The summed E-state index contributed by atoms with van der Waals surface area (Å²) in [4.78, 5) is 29.6. The predicted molar refractivity (Wildman–Crippen MR) is 190 cm³/mol. The Morgan fingerprint density at radius 3 is 2.51 bits per heavy atom. The van der Waals surface area contributed by atoms with Gasteiger partial charge in [0, 0.05) is 47.4 Å². The first-order chi connectivity index (χ1) is 22.5. The van der Waals surface area contributed by atoms with Crippen LogP contribution in [0.4, 0.5) is 33.8 Å². The topological polar surface area (TPSA) is 122 Å². The van der Waals surface area contributed by atoms with E-state index in [1.807, 2.05) is 85.7 Å². The fourth-order valence-electron chi connectivity index (χ4n) is 4.87. The Hall–Kier alpha value is -5.49. The molecule has 6 aromatic rings. The summed E-state index contributed by atoms with van der Waals surface area (Å²) < 4.78 is 8.08. The van der Waals surface area contributed by atoms with Crippen molar-refractivity contribution in [2.24, 2.45) is 0 Å². The van der Waals surface area contributed by atoms with E-state index >= 15 is 0 Å². The Morgan fingerprint density at radius 1 is 0.957 bits per heavy atom. The van der Waals surface area contributed by atoms with Gasteiger partial charge >= 0.3 is 6.03 Å². The van der Waals surface area contributed by atoms with E-state index in [0.29, 0.717) is 35.5 Å². The van der Waals surface area contributed by atoms with Crippen LogP contribution in [0.5, 0.6) is 5.75 Å². The molecule has 12 heteroatoms. The number of fused-ring (bicyclic) bond motifs is 1. The highest BCUT2D eigenvalue weighted by atomic mass is 32.1. The molecule has 6 rings (SSSR count).